The Hall–Kier alpha value is -1.92. The van der Waals surface area contributed by atoms with Crippen molar-refractivity contribution in [3.05, 3.63) is 46.6 Å². The summed E-state index contributed by atoms with van der Waals surface area (Å²) < 4.78 is 5.49. The molecule has 26 heavy (non-hydrogen) atoms. The average Bonchev–Trinajstić information content (AvgIpc) is 3.10. The SMILES string of the molecule is CC(c1nc(Cc2ccc(Cl)cc2)no1)N1CCCC(CCC(=O)O)C1. The van der Waals surface area contributed by atoms with Gasteiger partial charge >= 0.3 is 5.97 Å². The van der Waals surface area contributed by atoms with Gasteiger partial charge in [-0.25, -0.2) is 0 Å². The van der Waals surface area contributed by atoms with Crippen LogP contribution in [0.1, 0.15) is 55.9 Å². The molecule has 140 valence electrons. The molecule has 0 radical (unpaired) electrons. The summed E-state index contributed by atoms with van der Waals surface area (Å²) in [5.41, 5.74) is 1.08. The number of hydrogen-bond donors (Lipinski definition) is 1. The van der Waals surface area contributed by atoms with Gasteiger partial charge in [-0.3, -0.25) is 9.69 Å². The van der Waals surface area contributed by atoms with Crippen molar-refractivity contribution in [1.82, 2.24) is 15.0 Å². The van der Waals surface area contributed by atoms with Crippen LogP contribution in [-0.2, 0) is 11.2 Å². The summed E-state index contributed by atoms with van der Waals surface area (Å²) in [7, 11) is 0. The van der Waals surface area contributed by atoms with Crippen LogP contribution in [0.25, 0.3) is 0 Å². The number of likely N-dealkylation sites (tertiary alicyclic amines) is 1. The standard InChI is InChI=1S/C19H24ClN3O3/c1-13(23-10-2-3-15(12-23)6-9-18(24)25)19-21-17(22-26-19)11-14-4-7-16(20)8-5-14/h4-5,7-8,13,15H,2-3,6,9-12H2,1H3,(H,24,25). The van der Waals surface area contributed by atoms with Gasteiger partial charge in [0.05, 0.1) is 6.04 Å². The van der Waals surface area contributed by atoms with Gasteiger partial charge in [-0.15, -0.1) is 0 Å². The lowest BCUT2D eigenvalue weighted by Gasteiger charge is -2.35. The first-order valence-corrected chi connectivity index (χ1v) is 9.42. The molecule has 1 aliphatic rings. The van der Waals surface area contributed by atoms with E-state index in [9.17, 15) is 4.79 Å². The van der Waals surface area contributed by atoms with E-state index in [1.54, 1.807) is 0 Å². The molecular formula is C19H24ClN3O3. The first kappa shape index (κ1) is 18.9. The number of nitrogens with zero attached hydrogens (tertiary/aromatic N) is 3. The Bertz CT molecular complexity index is 732. The van der Waals surface area contributed by atoms with Crippen LogP contribution in [0.5, 0.6) is 0 Å². The lowest BCUT2D eigenvalue weighted by Crippen LogP contribution is -2.37. The summed E-state index contributed by atoms with van der Waals surface area (Å²) >= 11 is 5.91. The van der Waals surface area contributed by atoms with Gasteiger partial charge in [0.25, 0.3) is 0 Å². The third-order valence-corrected chi connectivity index (χ3v) is 5.23. The van der Waals surface area contributed by atoms with Crippen molar-refractivity contribution < 1.29 is 14.4 Å². The molecule has 3 rings (SSSR count). The molecule has 7 heteroatoms. The van der Waals surface area contributed by atoms with E-state index in [2.05, 4.69) is 22.0 Å². The third-order valence-electron chi connectivity index (χ3n) is 4.98. The second kappa shape index (κ2) is 8.64. The molecule has 0 saturated carbocycles. The Balaban J connectivity index is 1.59. The highest BCUT2D eigenvalue weighted by molar-refractivity contribution is 6.30. The molecule has 0 bridgehead atoms. The normalized spacial score (nSPS) is 19.4. The highest BCUT2D eigenvalue weighted by Gasteiger charge is 2.27. The number of piperidine rings is 1. The van der Waals surface area contributed by atoms with Crippen molar-refractivity contribution in [2.75, 3.05) is 13.1 Å². The fraction of sp³-hybridized carbons (Fsp3) is 0.526. The van der Waals surface area contributed by atoms with Crippen molar-refractivity contribution in [2.24, 2.45) is 5.92 Å². The van der Waals surface area contributed by atoms with E-state index in [1.807, 2.05) is 24.3 Å². The van der Waals surface area contributed by atoms with E-state index in [1.165, 1.54) is 0 Å². The number of aliphatic carboxylic acids is 1. The van der Waals surface area contributed by atoms with Crippen LogP contribution < -0.4 is 0 Å². The Morgan fingerprint density at radius 2 is 2.19 bits per heavy atom. The minimum atomic E-state index is -0.723. The zero-order valence-corrected chi connectivity index (χ0v) is 15.7. The Morgan fingerprint density at radius 3 is 2.92 bits per heavy atom. The summed E-state index contributed by atoms with van der Waals surface area (Å²) in [5, 5.41) is 13.7. The van der Waals surface area contributed by atoms with Crippen LogP contribution in [0.15, 0.2) is 28.8 Å². The zero-order chi connectivity index (χ0) is 18.5. The number of aromatic nitrogens is 2. The van der Waals surface area contributed by atoms with Gasteiger partial charge in [0, 0.05) is 24.4 Å². The van der Waals surface area contributed by atoms with Crippen molar-refractivity contribution in [3.63, 3.8) is 0 Å². The monoisotopic (exact) mass is 377 g/mol. The first-order chi connectivity index (χ1) is 12.5. The topological polar surface area (TPSA) is 79.5 Å². The van der Waals surface area contributed by atoms with Gasteiger partial charge < -0.3 is 9.63 Å². The molecule has 0 spiro atoms. The maximum absolute atomic E-state index is 10.8. The van der Waals surface area contributed by atoms with E-state index in [0.29, 0.717) is 29.1 Å². The molecule has 1 fully saturated rings. The minimum Gasteiger partial charge on any atom is -0.481 e. The van der Waals surface area contributed by atoms with E-state index in [0.717, 1.165) is 37.9 Å². The number of rotatable bonds is 7. The highest BCUT2D eigenvalue weighted by Crippen LogP contribution is 2.28. The average molecular weight is 378 g/mol. The Kier molecular flexibility index (Phi) is 6.27. The highest BCUT2D eigenvalue weighted by atomic mass is 35.5. The number of carbonyl (C=O) groups is 1. The predicted molar refractivity (Wildman–Crippen MR) is 98.1 cm³/mol. The van der Waals surface area contributed by atoms with E-state index in [4.69, 9.17) is 21.2 Å². The molecule has 1 saturated heterocycles. The molecule has 1 N–H and O–H groups in total. The Labute approximate surface area is 158 Å². The van der Waals surface area contributed by atoms with Gasteiger partial charge in [-0.1, -0.05) is 28.9 Å². The second-order valence-electron chi connectivity index (χ2n) is 6.96. The molecule has 6 nitrogen and oxygen atoms in total. The molecule has 2 aromatic rings. The summed E-state index contributed by atoms with van der Waals surface area (Å²) in [4.78, 5) is 17.7. The molecule has 2 atom stereocenters. The molecule has 0 amide bonds. The van der Waals surface area contributed by atoms with E-state index >= 15 is 0 Å². The number of carboxylic acids is 1. The minimum absolute atomic E-state index is 0.0362. The molecule has 2 unspecified atom stereocenters. The second-order valence-corrected chi connectivity index (χ2v) is 7.40. The smallest absolute Gasteiger partial charge is 0.303 e. The lowest BCUT2D eigenvalue weighted by atomic mass is 9.92. The van der Waals surface area contributed by atoms with Crippen LogP contribution in [0.4, 0.5) is 0 Å². The molecule has 1 aromatic heterocycles. The number of benzene rings is 1. The lowest BCUT2D eigenvalue weighted by molar-refractivity contribution is -0.137. The molecule has 1 aromatic carbocycles. The fourth-order valence-electron chi connectivity index (χ4n) is 3.46. The molecule has 1 aliphatic heterocycles. The van der Waals surface area contributed by atoms with Crippen molar-refractivity contribution in [1.29, 1.82) is 0 Å². The van der Waals surface area contributed by atoms with Gasteiger partial charge in [0.2, 0.25) is 5.89 Å². The van der Waals surface area contributed by atoms with Crippen molar-refractivity contribution >= 4 is 17.6 Å². The molecule has 2 heterocycles. The number of halogens is 1. The van der Waals surface area contributed by atoms with Gasteiger partial charge in [-0.2, -0.15) is 4.98 Å². The maximum atomic E-state index is 10.8. The molecule has 0 aliphatic carbocycles. The van der Waals surface area contributed by atoms with Crippen molar-refractivity contribution in [3.8, 4) is 0 Å². The quantitative estimate of drug-likeness (QED) is 0.786. The third kappa shape index (κ3) is 5.05. The van der Waals surface area contributed by atoms with Crippen LogP contribution >= 0.6 is 11.6 Å². The maximum Gasteiger partial charge on any atom is 0.303 e. The van der Waals surface area contributed by atoms with Crippen LogP contribution in [0, 0.1) is 5.92 Å². The summed E-state index contributed by atoms with van der Waals surface area (Å²) in [6.07, 6.45) is 3.72. The van der Waals surface area contributed by atoms with E-state index < -0.39 is 5.97 Å². The van der Waals surface area contributed by atoms with Crippen LogP contribution in [-0.4, -0.2) is 39.2 Å². The predicted octanol–water partition coefficient (Wildman–Crippen LogP) is 3.95. The first-order valence-electron chi connectivity index (χ1n) is 9.04. The fourth-order valence-corrected chi connectivity index (χ4v) is 3.59. The van der Waals surface area contributed by atoms with E-state index in [-0.39, 0.29) is 12.5 Å². The Morgan fingerprint density at radius 1 is 1.42 bits per heavy atom. The number of hydrogen-bond acceptors (Lipinski definition) is 5. The summed E-state index contributed by atoms with van der Waals surface area (Å²) in [5.74, 6) is 0.971. The molecular weight excluding hydrogens is 354 g/mol. The number of carboxylic acid groups (broad SMARTS) is 1. The summed E-state index contributed by atoms with van der Waals surface area (Å²) in [6, 6.07) is 7.66. The summed E-state index contributed by atoms with van der Waals surface area (Å²) in [6.45, 7) is 3.92. The van der Waals surface area contributed by atoms with Gasteiger partial charge in [0.15, 0.2) is 5.82 Å². The van der Waals surface area contributed by atoms with Crippen molar-refractivity contribution in [2.45, 2.75) is 45.1 Å². The van der Waals surface area contributed by atoms with Gasteiger partial charge in [0.1, 0.15) is 0 Å². The van der Waals surface area contributed by atoms with Gasteiger partial charge in [-0.05, 0) is 56.3 Å². The zero-order valence-electron chi connectivity index (χ0n) is 14.9. The van der Waals surface area contributed by atoms with Crippen LogP contribution in [0.3, 0.4) is 0 Å². The van der Waals surface area contributed by atoms with Crippen LogP contribution in [0.2, 0.25) is 5.02 Å². The largest absolute Gasteiger partial charge is 0.481 e.